The van der Waals surface area contributed by atoms with Gasteiger partial charge in [0.25, 0.3) is 0 Å². The molecular formula is C21H26N3O3+. The number of anilines is 1. The maximum atomic E-state index is 12.6. The standard InChI is InChI=1S/C21H25N3O3/c1-15-9-16(2)11-18(10-15)22-21(25)24-7-5-23(6-8-24)13-17-3-4-19-20(12-17)27-14-26-19/h3-4,9-12H,5-8,13-14H2,1-2H3,(H,22,25)/p+1. The Labute approximate surface area is 159 Å². The molecule has 0 unspecified atom stereocenters. The van der Waals surface area contributed by atoms with Crippen LogP contribution in [0.1, 0.15) is 16.7 Å². The van der Waals surface area contributed by atoms with Crippen molar-refractivity contribution in [3.63, 3.8) is 0 Å². The minimum atomic E-state index is -0.0119. The van der Waals surface area contributed by atoms with Gasteiger partial charge in [-0.15, -0.1) is 0 Å². The van der Waals surface area contributed by atoms with Crippen molar-refractivity contribution in [2.75, 3.05) is 38.3 Å². The maximum absolute atomic E-state index is 12.6. The third kappa shape index (κ3) is 4.17. The van der Waals surface area contributed by atoms with Gasteiger partial charge in [0.2, 0.25) is 6.79 Å². The van der Waals surface area contributed by atoms with Gasteiger partial charge in [0.05, 0.1) is 26.2 Å². The lowest BCUT2D eigenvalue weighted by Gasteiger charge is -2.32. The number of piperazine rings is 1. The smallest absolute Gasteiger partial charge is 0.322 e. The molecule has 0 saturated carbocycles. The number of nitrogens with one attached hydrogen (secondary N) is 2. The second-order valence-electron chi connectivity index (χ2n) is 7.41. The highest BCUT2D eigenvalue weighted by molar-refractivity contribution is 5.89. The van der Waals surface area contributed by atoms with Gasteiger partial charge in [-0.1, -0.05) is 6.07 Å². The minimum Gasteiger partial charge on any atom is -0.454 e. The molecule has 2 aliphatic heterocycles. The molecule has 142 valence electrons. The van der Waals surface area contributed by atoms with Crippen LogP contribution in [0.2, 0.25) is 0 Å². The molecule has 4 rings (SSSR count). The number of hydrogen-bond acceptors (Lipinski definition) is 3. The second kappa shape index (κ2) is 7.48. The molecule has 0 bridgehead atoms. The average molecular weight is 368 g/mol. The zero-order valence-corrected chi connectivity index (χ0v) is 15.9. The molecule has 0 spiro atoms. The summed E-state index contributed by atoms with van der Waals surface area (Å²) in [5, 5.41) is 3.03. The Kier molecular flexibility index (Phi) is 4.90. The van der Waals surface area contributed by atoms with Crippen molar-refractivity contribution >= 4 is 11.7 Å². The normalized spacial score (nSPS) is 16.4. The van der Waals surface area contributed by atoms with Crippen LogP contribution in [0, 0.1) is 13.8 Å². The molecule has 27 heavy (non-hydrogen) atoms. The number of benzene rings is 2. The van der Waals surface area contributed by atoms with Crippen LogP contribution in [0.3, 0.4) is 0 Å². The highest BCUT2D eigenvalue weighted by Crippen LogP contribution is 2.32. The van der Waals surface area contributed by atoms with Crippen molar-refractivity contribution in [3.8, 4) is 11.5 Å². The van der Waals surface area contributed by atoms with E-state index in [1.54, 1.807) is 0 Å². The summed E-state index contributed by atoms with van der Waals surface area (Å²) in [5.41, 5.74) is 4.42. The fourth-order valence-electron chi connectivity index (χ4n) is 3.79. The molecule has 0 atom stereocenters. The number of nitrogens with zero attached hydrogens (tertiary/aromatic N) is 1. The fraction of sp³-hybridized carbons (Fsp3) is 0.381. The van der Waals surface area contributed by atoms with Gasteiger partial charge in [-0.2, -0.15) is 0 Å². The molecule has 0 aliphatic carbocycles. The SMILES string of the molecule is Cc1cc(C)cc(NC(=O)N2CC[NH+](Cc3ccc4c(c3)OCO4)CC2)c1. The number of fused-ring (bicyclic) bond motifs is 1. The first kappa shape index (κ1) is 17.7. The Morgan fingerprint density at radius 3 is 2.48 bits per heavy atom. The van der Waals surface area contributed by atoms with Gasteiger partial charge < -0.3 is 24.6 Å². The number of carbonyl (C=O) groups is 1. The molecule has 0 radical (unpaired) electrons. The summed E-state index contributed by atoms with van der Waals surface area (Å²) < 4.78 is 10.8. The Morgan fingerprint density at radius 2 is 1.74 bits per heavy atom. The van der Waals surface area contributed by atoms with Crippen LogP contribution in [-0.2, 0) is 6.54 Å². The van der Waals surface area contributed by atoms with E-state index in [9.17, 15) is 4.79 Å². The molecule has 0 aromatic heterocycles. The monoisotopic (exact) mass is 368 g/mol. The predicted octanol–water partition coefficient (Wildman–Crippen LogP) is 1.96. The molecule has 6 heteroatoms. The molecule has 2 aromatic rings. The van der Waals surface area contributed by atoms with E-state index >= 15 is 0 Å². The van der Waals surface area contributed by atoms with Crippen molar-refractivity contribution in [2.24, 2.45) is 0 Å². The van der Waals surface area contributed by atoms with Crippen molar-refractivity contribution in [1.29, 1.82) is 0 Å². The third-order valence-electron chi connectivity index (χ3n) is 5.12. The molecule has 2 aliphatic rings. The largest absolute Gasteiger partial charge is 0.454 e. The van der Waals surface area contributed by atoms with E-state index in [2.05, 4.69) is 23.5 Å². The number of carbonyl (C=O) groups excluding carboxylic acids is 1. The number of aryl methyl sites for hydroxylation is 2. The van der Waals surface area contributed by atoms with E-state index in [0.29, 0.717) is 6.79 Å². The van der Waals surface area contributed by atoms with Crippen molar-refractivity contribution in [1.82, 2.24) is 4.90 Å². The molecule has 1 fully saturated rings. The molecular weight excluding hydrogens is 342 g/mol. The number of ether oxygens (including phenoxy) is 2. The summed E-state index contributed by atoms with van der Waals surface area (Å²) in [4.78, 5) is 15.9. The Bertz CT molecular complexity index is 824. The third-order valence-corrected chi connectivity index (χ3v) is 5.12. The highest BCUT2D eigenvalue weighted by atomic mass is 16.7. The first-order valence-corrected chi connectivity index (χ1v) is 9.43. The van der Waals surface area contributed by atoms with Gasteiger partial charge in [-0.3, -0.25) is 0 Å². The summed E-state index contributed by atoms with van der Waals surface area (Å²) in [7, 11) is 0. The predicted molar refractivity (Wildman–Crippen MR) is 103 cm³/mol. The minimum absolute atomic E-state index is 0.0119. The van der Waals surface area contributed by atoms with Crippen molar-refractivity contribution in [2.45, 2.75) is 20.4 Å². The van der Waals surface area contributed by atoms with Crippen LogP contribution in [0.25, 0.3) is 0 Å². The topological polar surface area (TPSA) is 55.2 Å². The molecule has 1 saturated heterocycles. The van der Waals surface area contributed by atoms with Gasteiger partial charge in [-0.25, -0.2) is 4.79 Å². The lowest BCUT2D eigenvalue weighted by atomic mass is 10.1. The number of amides is 2. The maximum Gasteiger partial charge on any atom is 0.322 e. The Hall–Kier alpha value is -2.73. The molecule has 6 nitrogen and oxygen atoms in total. The molecule has 2 heterocycles. The summed E-state index contributed by atoms with van der Waals surface area (Å²) in [6.07, 6.45) is 0. The number of rotatable bonds is 3. The summed E-state index contributed by atoms with van der Waals surface area (Å²) in [5.74, 6) is 1.65. The lowest BCUT2D eigenvalue weighted by molar-refractivity contribution is -0.917. The van der Waals surface area contributed by atoms with E-state index < -0.39 is 0 Å². The van der Waals surface area contributed by atoms with Crippen LogP contribution in [0.5, 0.6) is 11.5 Å². The Morgan fingerprint density at radius 1 is 1.04 bits per heavy atom. The summed E-state index contributed by atoms with van der Waals surface area (Å²) >= 11 is 0. The van der Waals surface area contributed by atoms with E-state index in [0.717, 1.165) is 61.0 Å². The van der Waals surface area contributed by atoms with Crippen LogP contribution in [0.15, 0.2) is 36.4 Å². The van der Waals surface area contributed by atoms with E-state index in [1.165, 1.54) is 10.5 Å². The summed E-state index contributed by atoms with van der Waals surface area (Å²) in [6, 6.07) is 12.2. The van der Waals surface area contributed by atoms with Gasteiger partial charge in [0.1, 0.15) is 6.54 Å². The van der Waals surface area contributed by atoms with Crippen LogP contribution < -0.4 is 19.7 Å². The van der Waals surface area contributed by atoms with E-state index in [1.807, 2.05) is 36.9 Å². The van der Waals surface area contributed by atoms with E-state index in [4.69, 9.17) is 9.47 Å². The van der Waals surface area contributed by atoms with Crippen LogP contribution in [0.4, 0.5) is 10.5 Å². The summed E-state index contributed by atoms with van der Waals surface area (Å²) in [6.45, 7) is 8.72. The van der Waals surface area contributed by atoms with Crippen molar-refractivity contribution in [3.05, 3.63) is 53.1 Å². The Balaban J connectivity index is 1.30. The van der Waals surface area contributed by atoms with Gasteiger partial charge >= 0.3 is 6.03 Å². The molecule has 2 N–H and O–H groups in total. The molecule has 2 aromatic carbocycles. The lowest BCUT2D eigenvalue weighted by Crippen LogP contribution is -3.13. The molecule has 2 amide bonds. The van der Waals surface area contributed by atoms with Crippen LogP contribution in [-0.4, -0.2) is 43.9 Å². The zero-order valence-electron chi connectivity index (χ0n) is 15.9. The number of hydrogen-bond donors (Lipinski definition) is 2. The van der Waals surface area contributed by atoms with Gasteiger partial charge in [-0.05, 0) is 55.3 Å². The van der Waals surface area contributed by atoms with E-state index in [-0.39, 0.29) is 6.03 Å². The fourth-order valence-corrected chi connectivity index (χ4v) is 3.79. The van der Waals surface area contributed by atoms with Crippen LogP contribution >= 0.6 is 0 Å². The highest BCUT2D eigenvalue weighted by Gasteiger charge is 2.24. The van der Waals surface area contributed by atoms with Gasteiger partial charge in [0.15, 0.2) is 11.5 Å². The zero-order chi connectivity index (χ0) is 18.8. The quantitative estimate of drug-likeness (QED) is 0.871. The number of quaternary nitrogens is 1. The van der Waals surface area contributed by atoms with Crippen molar-refractivity contribution < 1.29 is 19.2 Å². The second-order valence-corrected chi connectivity index (χ2v) is 7.41. The first-order chi connectivity index (χ1) is 13.1. The van der Waals surface area contributed by atoms with Gasteiger partial charge in [0, 0.05) is 11.3 Å². The first-order valence-electron chi connectivity index (χ1n) is 9.43. The average Bonchev–Trinajstić information content (AvgIpc) is 3.09. The number of urea groups is 1.